The summed E-state index contributed by atoms with van der Waals surface area (Å²) in [7, 11) is -21.3. The van der Waals surface area contributed by atoms with Crippen LogP contribution in [0.3, 0.4) is 0 Å². The van der Waals surface area contributed by atoms with E-state index >= 15 is 0 Å². The molecule has 5 rings (SSSR count). The van der Waals surface area contributed by atoms with Gasteiger partial charge in [0.05, 0.1) is 46.6 Å². The first-order valence-corrected chi connectivity index (χ1v) is 17.0. The second-order valence-corrected chi connectivity index (χ2v) is 13.2. The van der Waals surface area contributed by atoms with Crippen molar-refractivity contribution in [2.24, 2.45) is 0 Å². The molecule has 0 amide bonds. The summed E-state index contributed by atoms with van der Waals surface area (Å²) in [6.07, 6.45) is 5.73. The Balaban J connectivity index is 0. The molecule has 0 bridgehead atoms. The van der Waals surface area contributed by atoms with Crippen LogP contribution >= 0.6 is 15.6 Å². The Morgan fingerprint density at radius 3 is 0.962 bits per heavy atom. The van der Waals surface area contributed by atoms with Gasteiger partial charge in [-0.15, -0.1) is 0 Å². The van der Waals surface area contributed by atoms with Crippen molar-refractivity contribution in [2.45, 2.75) is 13.8 Å². The molecule has 0 atom stereocenters. The quantitative estimate of drug-likeness (QED) is 0.0771. The van der Waals surface area contributed by atoms with E-state index in [1.54, 1.807) is 12.4 Å². The van der Waals surface area contributed by atoms with Crippen LogP contribution < -0.4 is 0 Å². The molecule has 0 aliphatic rings. The molecule has 52 heavy (non-hydrogen) atoms. The van der Waals surface area contributed by atoms with Crippen LogP contribution in [-0.4, -0.2) is 30.7 Å². The summed E-state index contributed by atoms with van der Waals surface area (Å²) in [5, 5.41) is 0. The van der Waals surface area contributed by atoms with Crippen molar-refractivity contribution in [1.29, 1.82) is 0 Å². The Hall–Kier alpha value is -4.12. The average molecular weight is 894 g/mol. The Bertz CT molecular complexity index is 1670. The summed E-state index contributed by atoms with van der Waals surface area (Å²) in [4.78, 5) is 30.3. The molecule has 5 aromatic rings. The molecule has 0 spiro atoms. The van der Waals surface area contributed by atoms with Gasteiger partial charge in [-0.05, 0) is 74.5 Å². The number of Topliss-reactive ketones (excluding diaryl/α,β-unsaturated/α-hetero) is 1. The van der Waals surface area contributed by atoms with Crippen molar-refractivity contribution in [3.63, 3.8) is 0 Å². The fraction of sp³-hybridized carbons (Fsp3) is 0.0714. The summed E-state index contributed by atoms with van der Waals surface area (Å²) in [6, 6.07) is 23.0. The maximum atomic E-state index is 12.5. The van der Waals surface area contributed by atoms with Gasteiger partial charge in [-0.3, -0.25) is 19.9 Å². The van der Waals surface area contributed by atoms with Gasteiger partial charge >= 0.3 is 85.5 Å². The molecule has 0 aliphatic heterocycles. The van der Waals surface area contributed by atoms with E-state index in [1.165, 1.54) is 38.1 Å². The second kappa shape index (κ2) is 17.6. The van der Waals surface area contributed by atoms with E-state index in [2.05, 4.69) is 24.9 Å². The van der Waals surface area contributed by atoms with E-state index in [-0.39, 0.29) is 30.7 Å². The van der Waals surface area contributed by atoms with E-state index < -0.39 is 27.3 Å². The number of aromatic nitrogens is 5. The molecular formula is C28H26F14N5O2P2Ru+. The number of ketones is 1. The van der Waals surface area contributed by atoms with Crippen molar-refractivity contribution in [2.75, 3.05) is 0 Å². The number of rotatable bonds is 3. The van der Waals surface area contributed by atoms with Gasteiger partial charge in [0.25, 0.3) is 0 Å². The Kier molecular flexibility index (Phi) is 16.9. The van der Waals surface area contributed by atoms with Gasteiger partial charge in [0.15, 0.2) is 0 Å². The number of hydrogen-bond donors (Lipinski definition) is 0. The van der Waals surface area contributed by atoms with Crippen LogP contribution in [0, 0.1) is 11.6 Å². The topological polar surface area (TPSA) is 115 Å². The number of carbonyl (C=O) groups is 1. The van der Waals surface area contributed by atoms with Crippen LogP contribution in [0.2, 0.25) is 0 Å². The number of hydrogen-bond acceptors (Lipinski definition) is 6. The van der Waals surface area contributed by atoms with Gasteiger partial charge in [-0.1, -0.05) is 18.2 Å². The first-order chi connectivity index (χ1) is 22.3. The summed E-state index contributed by atoms with van der Waals surface area (Å²) in [5.41, 5.74) is 4.50. The molecule has 0 saturated carbocycles. The molecule has 290 valence electrons. The van der Waals surface area contributed by atoms with E-state index in [0.717, 1.165) is 35.2 Å². The largest absolute Gasteiger partial charge is 2.00 e. The van der Waals surface area contributed by atoms with Crippen LogP contribution in [0.1, 0.15) is 13.8 Å². The first kappa shape index (κ1) is 50.0. The number of carbonyl (C=O) groups excluding carboxylic acids is 1. The minimum atomic E-state index is -10.7. The molecule has 0 aliphatic carbocycles. The van der Waals surface area contributed by atoms with Crippen molar-refractivity contribution in [3.05, 3.63) is 115 Å². The molecule has 0 saturated heterocycles. The zero-order valence-corrected chi connectivity index (χ0v) is 29.6. The maximum Gasteiger partial charge on any atom is 2.00 e. The predicted octanol–water partition coefficient (Wildman–Crippen LogP) is 12.1. The fourth-order valence-corrected chi connectivity index (χ4v) is 2.80. The minimum absolute atomic E-state index is 0. The minimum Gasteiger partial charge on any atom is -0.457 e. The molecule has 0 radical (unpaired) electrons. The Labute approximate surface area is 298 Å². The molecule has 0 fully saturated rings. The summed E-state index contributed by atoms with van der Waals surface area (Å²) in [5.74, 6) is -0.647. The molecule has 5 aromatic heterocycles. The van der Waals surface area contributed by atoms with Crippen LogP contribution in [0.15, 0.2) is 104 Å². The van der Waals surface area contributed by atoms with Crippen LogP contribution in [0.4, 0.5) is 59.1 Å². The molecule has 0 aromatic carbocycles. The standard InChI is InChI=1S/C15H11N3.C10H6F2N2.C3H6O.2F6P.H2O.Ru/c1-3-10-16-12(6-1)14-8-5-9-15(18-14)13-7-2-4-11-17-13;11-7-1-3-9(13-5-7)10-4-2-8(12)6-14-10;1-3(2)4;2*1-7(2,3,4,5)6;;/h1-11H;1-6H;1-2H3;;;1H2;/q;;;2*-1;;+2/p+1. The van der Waals surface area contributed by atoms with Gasteiger partial charge in [0.2, 0.25) is 0 Å². The third-order valence-electron chi connectivity index (χ3n) is 4.32. The summed E-state index contributed by atoms with van der Waals surface area (Å²) in [6.45, 7) is 3.06. The smallest absolute Gasteiger partial charge is 0.457 e. The number of pyridine rings is 5. The van der Waals surface area contributed by atoms with Crippen LogP contribution in [0.5, 0.6) is 0 Å². The number of halogens is 14. The Morgan fingerprint density at radius 1 is 0.462 bits per heavy atom. The zero-order chi connectivity index (χ0) is 38.6. The van der Waals surface area contributed by atoms with Gasteiger partial charge in [0.1, 0.15) is 17.4 Å². The zero-order valence-electron chi connectivity index (χ0n) is 26.1. The van der Waals surface area contributed by atoms with Crippen molar-refractivity contribution < 1.29 is 88.9 Å². The summed E-state index contributed by atoms with van der Waals surface area (Å²) < 4.78 is 143. The SMILES string of the molecule is CC(C)=O.F[P-](F)(F)(F)(F)F.F[P-](F)(F)(F)(F)F.Fc1ccc(-c2ccc(F)cn2)nc1.[OH3+].[Ru+2].c1ccc(-c2cccc(-c3ccccn3)n2)nc1. The third kappa shape index (κ3) is 31.8. The second-order valence-electron chi connectivity index (χ2n) is 9.39. The molecule has 5 heterocycles. The van der Waals surface area contributed by atoms with Crippen LogP contribution in [0.25, 0.3) is 34.2 Å². The fourth-order valence-electron chi connectivity index (χ4n) is 2.80. The molecule has 7 nitrogen and oxygen atoms in total. The average Bonchev–Trinajstić information content (AvgIpc) is 2.96. The molecule has 3 N–H and O–H groups in total. The first-order valence-electron chi connectivity index (χ1n) is 13.0. The molecular weight excluding hydrogens is 867 g/mol. The van der Waals surface area contributed by atoms with Gasteiger partial charge in [-0.2, -0.15) is 0 Å². The monoisotopic (exact) mass is 894 g/mol. The van der Waals surface area contributed by atoms with Crippen molar-refractivity contribution >= 4 is 21.4 Å². The maximum absolute atomic E-state index is 12.5. The number of nitrogens with zero attached hydrogens (tertiary/aromatic N) is 5. The predicted molar refractivity (Wildman–Crippen MR) is 166 cm³/mol. The van der Waals surface area contributed by atoms with Gasteiger partial charge < -0.3 is 10.3 Å². The molecule has 24 heteroatoms. The van der Waals surface area contributed by atoms with Gasteiger partial charge in [-0.25, -0.2) is 13.8 Å². The van der Waals surface area contributed by atoms with E-state index in [0.29, 0.717) is 11.4 Å². The van der Waals surface area contributed by atoms with Crippen molar-refractivity contribution in [3.8, 4) is 34.2 Å². The third-order valence-corrected chi connectivity index (χ3v) is 4.32. The van der Waals surface area contributed by atoms with E-state index in [4.69, 9.17) is 0 Å². The van der Waals surface area contributed by atoms with E-state index in [1.807, 2.05) is 54.6 Å². The normalized spacial score (nSPS) is 13.0. The van der Waals surface area contributed by atoms with E-state index in [9.17, 15) is 63.9 Å². The van der Waals surface area contributed by atoms with Crippen molar-refractivity contribution in [1.82, 2.24) is 24.9 Å². The molecule has 0 unspecified atom stereocenters. The summed E-state index contributed by atoms with van der Waals surface area (Å²) >= 11 is 0. The van der Waals surface area contributed by atoms with Gasteiger partial charge in [0, 0.05) is 12.4 Å². The Morgan fingerprint density at radius 2 is 0.731 bits per heavy atom. The van der Waals surface area contributed by atoms with Crippen LogP contribution in [-0.2, 0) is 29.7 Å².